The monoisotopic (exact) mass is 610 g/mol. The summed E-state index contributed by atoms with van der Waals surface area (Å²) in [7, 11) is 0. The molecule has 9 heteroatoms. The van der Waals surface area contributed by atoms with Crippen molar-refractivity contribution >= 4 is 63.4 Å². The van der Waals surface area contributed by atoms with Crippen molar-refractivity contribution in [1.29, 1.82) is 0 Å². The molecule has 7 nitrogen and oxygen atoms in total. The van der Waals surface area contributed by atoms with Gasteiger partial charge >= 0.3 is 5.97 Å². The Morgan fingerprint density at radius 3 is 2.42 bits per heavy atom. The largest absolute Gasteiger partial charge is 0.454 e. The number of para-hydroxylation sites is 1. The molecular formula is C34H24Cl2N2O5. The minimum Gasteiger partial charge on any atom is -0.454 e. The Morgan fingerprint density at radius 2 is 1.67 bits per heavy atom. The molecule has 2 bridgehead atoms. The van der Waals surface area contributed by atoms with Crippen molar-refractivity contribution in [1.82, 2.24) is 4.98 Å². The van der Waals surface area contributed by atoms with Gasteiger partial charge in [-0.1, -0.05) is 59.1 Å². The normalized spacial score (nSPS) is 22.2. The first-order valence-electron chi connectivity index (χ1n) is 13.9. The summed E-state index contributed by atoms with van der Waals surface area (Å²) in [6, 6.07) is 20.0. The van der Waals surface area contributed by atoms with Crippen LogP contribution >= 0.6 is 23.2 Å². The molecule has 4 unspecified atom stereocenters. The minimum atomic E-state index is -0.701. The molecule has 1 aromatic heterocycles. The zero-order valence-corrected chi connectivity index (χ0v) is 24.4. The number of pyridine rings is 1. The number of carbonyl (C=O) groups excluding carboxylic acids is 4. The number of hydrogen-bond donors (Lipinski definition) is 0. The predicted octanol–water partition coefficient (Wildman–Crippen LogP) is 6.95. The van der Waals surface area contributed by atoms with Gasteiger partial charge in [-0.25, -0.2) is 9.78 Å². The highest BCUT2D eigenvalue weighted by atomic mass is 35.5. The molecule has 1 saturated heterocycles. The number of hydrogen-bond acceptors (Lipinski definition) is 6. The van der Waals surface area contributed by atoms with Crippen LogP contribution in [0.15, 0.2) is 84.4 Å². The number of anilines is 1. The number of allylic oxidation sites excluding steroid dienone is 2. The standard InChI is InChI=1S/C34H24Cl2N2O5/c1-17-13-20-14-24(17)30-29(20)32(40)38(33(30)41)22-11-7-18(8-12-22)27-15-25(23-3-2-4-26(36)31(23)37-27)34(42)43-16-28(39)19-5-9-21(35)10-6-19/h2-13,15,20,24,29-30H,14,16H2,1H3. The zero-order chi connectivity index (χ0) is 30.0. The molecule has 1 saturated carbocycles. The third-order valence-electron chi connectivity index (χ3n) is 8.81. The van der Waals surface area contributed by atoms with E-state index in [-0.39, 0.29) is 46.8 Å². The molecule has 0 radical (unpaired) electrons. The van der Waals surface area contributed by atoms with Crippen molar-refractivity contribution in [3.05, 3.63) is 106 Å². The third-order valence-corrected chi connectivity index (χ3v) is 9.37. The molecule has 0 spiro atoms. The molecule has 7 rings (SSSR count). The molecule has 0 N–H and O–H groups in total. The summed E-state index contributed by atoms with van der Waals surface area (Å²) in [6.07, 6.45) is 3.03. The van der Waals surface area contributed by atoms with E-state index in [1.165, 1.54) is 10.5 Å². The van der Waals surface area contributed by atoms with Gasteiger partial charge in [0.15, 0.2) is 12.4 Å². The van der Waals surface area contributed by atoms with E-state index in [1.807, 2.05) is 6.92 Å². The average Bonchev–Trinajstić information content (AvgIpc) is 3.65. The van der Waals surface area contributed by atoms with E-state index in [1.54, 1.807) is 72.8 Å². The maximum absolute atomic E-state index is 13.4. The number of carbonyl (C=O) groups is 4. The van der Waals surface area contributed by atoms with Crippen molar-refractivity contribution in [2.24, 2.45) is 23.7 Å². The molecule has 1 aliphatic heterocycles. The van der Waals surface area contributed by atoms with Crippen LogP contribution < -0.4 is 4.90 Å². The second-order valence-corrected chi connectivity index (χ2v) is 12.1. The Balaban J connectivity index is 1.17. The van der Waals surface area contributed by atoms with E-state index in [0.717, 1.165) is 6.42 Å². The summed E-state index contributed by atoms with van der Waals surface area (Å²) in [5.41, 5.74) is 3.77. The van der Waals surface area contributed by atoms with E-state index >= 15 is 0 Å². The van der Waals surface area contributed by atoms with Crippen molar-refractivity contribution in [2.45, 2.75) is 13.3 Å². The number of Topliss-reactive ketones (excluding diaryl/α,β-unsaturated/α-hetero) is 1. The number of ether oxygens (including phenoxy) is 1. The van der Waals surface area contributed by atoms with Crippen molar-refractivity contribution in [3.63, 3.8) is 0 Å². The first-order chi connectivity index (χ1) is 20.7. The van der Waals surface area contributed by atoms with E-state index in [2.05, 4.69) is 6.08 Å². The van der Waals surface area contributed by atoms with Gasteiger partial charge in [-0.15, -0.1) is 0 Å². The minimum absolute atomic E-state index is 0.127. The first kappa shape index (κ1) is 27.5. The molecule has 2 amide bonds. The van der Waals surface area contributed by atoms with Crippen LogP contribution in [0.4, 0.5) is 5.69 Å². The number of aromatic nitrogens is 1. The number of imide groups is 1. The topological polar surface area (TPSA) is 93.6 Å². The predicted molar refractivity (Wildman–Crippen MR) is 163 cm³/mol. The Kier molecular flexibility index (Phi) is 6.67. The second-order valence-electron chi connectivity index (χ2n) is 11.2. The summed E-state index contributed by atoms with van der Waals surface area (Å²) >= 11 is 12.4. The summed E-state index contributed by atoms with van der Waals surface area (Å²) in [5, 5.41) is 1.32. The Labute approximate surface area is 257 Å². The molecule has 2 fully saturated rings. The maximum atomic E-state index is 13.4. The average molecular weight is 611 g/mol. The van der Waals surface area contributed by atoms with Gasteiger partial charge in [-0.05, 0) is 73.7 Å². The Hall–Kier alpha value is -4.33. The summed E-state index contributed by atoms with van der Waals surface area (Å²) in [4.78, 5) is 58.6. The fourth-order valence-corrected chi connectivity index (χ4v) is 7.11. The lowest BCUT2D eigenvalue weighted by atomic mass is 9.82. The number of nitrogens with zero attached hydrogens (tertiary/aromatic N) is 2. The van der Waals surface area contributed by atoms with Crippen LogP contribution in [0.2, 0.25) is 10.0 Å². The van der Waals surface area contributed by atoms with Crippen LogP contribution in [0.1, 0.15) is 34.1 Å². The molecule has 43 heavy (non-hydrogen) atoms. The van der Waals surface area contributed by atoms with Crippen molar-refractivity contribution in [3.8, 4) is 11.3 Å². The lowest BCUT2D eigenvalue weighted by Crippen LogP contribution is -2.32. The molecular weight excluding hydrogens is 587 g/mol. The van der Waals surface area contributed by atoms with Crippen LogP contribution in [0.3, 0.4) is 0 Å². The third kappa shape index (κ3) is 4.55. The quantitative estimate of drug-likeness (QED) is 0.101. The lowest BCUT2D eigenvalue weighted by Gasteiger charge is -2.19. The molecule has 3 aliphatic rings. The van der Waals surface area contributed by atoms with Gasteiger partial charge < -0.3 is 4.74 Å². The van der Waals surface area contributed by atoms with E-state index in [9.17, 15) is 19.2 Å². The van der Waals surface area contributed by atoms with Crippen LogP contribution in [-0.2, 0) is 14.3 Å². The fraction of sp³-hybridized carbons (Fsp3) is 0.206. The molecule has 4 atom stereocenters. The van der Waals surface area contributed by atoms with Crippen molar-refractivity contribution < 1.29 is 23.9 Å². The van der Waals surface area contributed by atoms with Crippen LogP contribution in [0, 0.1) is 23.7 Å². The van der Waals surface area contributed by atoms with Crippen LogP contribution in [0.25, 0.3) is 22.2 Å². The summed E-state index contributed by atoms with van der Waals surface area (Å²) in [6.45, 7) is 1.59. The summed E-state index contributed by atoms with van der Waals surface area (Å²) in [5.74, 6) is -1.66. The van der Waals surface area contributed by atoms with Crippen LogP contribution in [-0.4, -0.2) is 35.2 Å². The number of rotatable bonds is 6. The van der Waals surface area contributed by atoms with Gasteiger partial charge in [0, 0.05) is 21.5 Å². The molecule has 3 aromatic carbocycles. The second kappa shape index (κ2) is 10.4. The summed E-state index contributed by atoms with van der Waals surface area (Å²) < 4.78 is 5.41. The number of fused-ring (bicyclic) bond motifs is 6. The maximum Gasteiger partial charge on any atom is 0.339 e. The van der Waals surface area contributed by atoms with Crippen molar-refractivity contribution in [2.75, 3.05) is 11.5 Å². The molecule has 214 valence electrons. The highest BCUT2D eigenvalue weighted by Gasteiger charge is 2.60. The molecule has 2 heterocycles. The number of benzene rings is 3. The first-order valence-corrected chi connectivity index (χ1v) is 14.7. The Bertz CT molecular complexity index is 1880. The van der Waals surface area contributed by atoms with Gasteiger partial charge in [0.1, 0.15) is 0 Å². The van der Waals surface area contributed by atoms with Gasteiger partial charge in [0.05, 0.1) is 39.3 Å². The van der Waals surface area contributed by atoms with E-state index in [4.69, 9.17) is 32.9 Å². The Morgan fingerprint density at radius 1 is 0.953 bits per heavy atom. The van der Waals surface area contributed by atoms with E-state index < -0.39 is 12.6 Å². The fourth-order valence-electron chi connectivity index (χ4n) is 6.77. The lowest BCUT2D eigenvalue weighted by molar-refractivity contribution is -0.123. The smallest absolute Gasteiger partial charge is 0.339 e. The SMILES string of the molecule is CC1=CC2CC1C1C(=O)N(c3ccc(-c4cc(C(=O)OCC(=O)c5ccc(Cl)cc5)c5cccc(Cl)c5n4)cc3)C(=O)C21. The number of ketones is 1. The number of amides is 2. The molecule has 2 aliphatic carbocycles. The number of esters is 1. The highest BCUT2D eigenvalue weighted by Crippen LogP contribution is 2.56. The zero-order valence-electron chi connectivity index (χ0n) is 22.9. The van der Waals surface area contributed by atoms with E-state index in [0.29, 0.717) is 43.5 Å². The van der Waals surface area contributed by atoms with Crippen LogP contribution in [0.5, 0.6) is 0 Å². The van der Waals surface area contributed by atoms with Gasteiger partial charge in [0.2, 0.25) is 11.8 Å². The highest BCUT2D eigenvalue weighted by molar-refractivity contribution is 6.35. The van der Waals surface area contributed by atoms with Gasteiger partial charge in [-0.3, -0.25) is 19.3 Å². The van der Waals surface area contributed by atoms with Gasteiger partial charge in [0.25, 0.3) is 0 Å². The van der Waals surface area contributed by atoms with Gasteiger partial charge in [-0.2, -0.15) is 0 Å². The number of halogens is 2. The molecule has 4 aromatic rings.